The Labute approximate surface area is 90.5 Å². The van der Waals surface area contributed by atoms with Crippen molar-refractivity contribution in [2.75, 3.05) is 13.2 Å². The van der Waals surface area contributed by atoms with Gasteiger partial charge in [0.25, 0.3) is 0 Å². The molecule has 1 amide bonds. The second kappa shape index (κ2) is 4.94. The van der Waals surface area contributed by atoms with Gasteiger partial charge in [-0.1, -0.05) is 12.8 Å². The van der Waals surface area contributed by atoms with E-state index in [9.17, 15) is 4.79 Å². The molecule has 1 saturated carbocycles. The number of rotatable bonds is 4. The topological polar surface area (TPSA) is 64.4 Å². The van der Waals surface area contributed by atoms with E-state index in [0.29, 0.717) is 12.6 Å². The average Bonchev–Trinajstić information content (AvgIpc) is 2.87. The molecule has 1 aliphatic heterocycles. The summed E-state index contributed by atoms with van der Waals surface area (Å²) in [6, 6.07) is 0.304. The molecule has 4 heteroatoms. The lowest BCUT2D eigenvalue weighted by Gasteiger charge is -2.24. The van der Waals surface area contributed by atoms with Crippen molar-refractivity contribution in [1.82, 2.24) is 5.32 Å². The van der Waals surface area contributed by atoms with Crippen molar-refractivity contribution in [3.8, 4) is 0 Å². The minimum atomic E-state index is -0.225. The summed E-state index contributed by atoms with van der Waals surface area (Å²) in [5.41, 5.74) is 5.44. The second-order valence-electron chi connectivity index (χ2n) is 4.65. The van der Waals surface area contributed by atoms with Crippen LogP contribution >= 0.6 is 0 Å². The van der Waals surface area contributed by atoms with Gasteiger partial charge >= 0.3 is 0 Å². The molecule has 15 heavy (non-hydrogen) atoms. The Kier molecular flexibility index (Phi) is 3.59. The van der Waals surface area contributed by atoms with Gasteiger partial charge in [0.15, 0.2) is 0 Å². The first-order valence-corrected chi connectivity index (χ1v) is 5.90. The third-order valence-corrected chi connectivity index (χ3v) is 3.51. The van der Waals surface area contributed by atoms with Crippen LogP contribution in [0.15, 0.2) is 0 Å². The van der Waals surface area contributed by atoms with Crippen molar-refractivity contribution in [2.24, 2.45) is 11.7 Å². The molecular formula is C11H20N2O2. The zero-order valence-corrected chi connectivity index (χ0v) is 9.08. The Bertz CT molecular complexity index is 221. The van der Waals surface area contributed by atoms with Gasteiger partial charge in [-0.15, -0.1) is 0 Å². The van der Waals surface area contributed by atoms with E-state index in [0.717, 1.165) is 13.0 Å². The van der Waals surface area contributed by atoms with Crippen molar-refractivity contribution in [3.63, 3.8) is 0 Å². The highest BCUT2D eigenvalue weighted by atomic mass is 16.5. The molecule has 1 saturated heterocycles. The van der Waals surface area contributed by atoms with Crippen molar-refractivity contribution >= 4 is 5.91 Å². The molecule has 2 fully saturated rings. The summed E-state index contributed by atoms with van der Waals surface area (Å²) in [7, 11) is 0. The van der Waals surface area contributed by atoms with Gasteiger partial charge in [-0.2, -0.15) is 0 Å². The molecule has 0 aromatic carbocycles. The molecule has 0 aromatic heterocycles. The van der Waals surface area contributed by atoms with Crippen molar-refractivity contribution in [2.45, 2.75) is 44.2 Å². The monoisotopic (exact) mass is 212 g/mol. The van der Waals surface area contributed by atoms with Crippen LogP contribution in [0.4, 0.5) is 0 Å². The fraction of sp³-hybridized carbons (Fsp3) is 0.909. The molecular weight excluding hydrogens is 192 g/mol. The molecule has 0 bridgehead atoms. The van der Waals surface area contributed by atoms with Gasteiger partial charge in [0.05, 0.1) is 12.6 Å². The Balaban J connectivity index is 1.89. The lowest BCUT2D eigenvalue weighted by molar-refractivity contribution is -0.121. The zero-order valence-electron chi connectivity index (χ0n) is 9.08. The van der Waals surface area contributed by atoms with Gasteiger partial charge in [-0.05, 0) is 19.3 Å². The molecule has 0 spiro atoms. The summed E-state index contributed by atoms with van der Waals surface area (Å²) >= 11 is 0. The maximum Gasteiger partial charge on any atom is 0.234 e. The normalized spacial score (nSPS) is 29.5. The zero-order chi connectivity index (χ0) is 10.7. The summed E-state index contributed by atoms with van der Waals surface area (Å²) in [4.78, 5) is 11.4. The molecule has 2 aliphatic rings. The SMILES string of the molecule is NC(=O)C(NC1CCCC1)C1CCOC1. The van der Waals surface area contributed by atoms with E-state index in [1.54, 1.807) is 0 Å². The number of hydrogen-bond acceptors (Lipinski definition) is 3. The first-order valence-electron chi connectivity index (χ1n) is 5.90. The Morgan fingerprint density at radius 1 is 1.33 bits per heavy atom. The minimum absolute atomic E-state index is 0.185. The number of hydrogen-bond donors (Lipinski definition) is 2. The molecule has 2 rings (SSSR count). The predicted octanol–water partition coefficient (Wildman–Crippen LogP) is 0.409. The molecule has 2 unspecified atom stereocenters. The smallest absolute Gasteiger partial charge is 0.234 e. The summed E-state index contributed by atoms with van der Waals surface area (Å²) in [6.07, 6.45) is 5.84. The highest BCUT2D eigenvalue weighted by Crippen LogP contribution is 2.22. The molecule has 1 aliphatic carbocycles. The van der Waals surface area contributed by atoms with Crippen molar-refractivity contribution in [1.29, 1.82) is 0 Å². The Hall–Kier alpha value is -0.610. The Morgan fingerprint density at radius 2 is 2.07 bits per heavy atom. The van der Waals surface area contributed by atoms with Crippen molar-refractivity contribution < 1.29 is 9.53 Å². The van der Waals surface area contributed by atoms with E-state index in [1.165, 1.54) is 25.7 Å². The lowest BCUT2D eigenvalue weighted by atomic mass is 9.97. The van der Waals surface area contributed by atoms with Gasteiger partial charge in [0.1, 0.15) is 0 Å². The molecule has 0 aromatic rings. The quantitative estimate of drug-likeness (QED) is 0.709. The van der Waals surface area contributed by atoms with E-state index in [-0.39, 0.29) is 17.9 Å². The van der Waals surface area contributed by atoms with Gasteiger partial charge in [0.2, 0.25) is 5.91 Å². The molecule has 4 nitrogen and oxygen atoms in total. The molecule has 86 valence electrons. The highest BCUT2D eigenvalue weighted by Gasteiger charge is 2.32. The highest BCUT2D eigenvalue weighted by molar-refractivity contribution is 5.80. The first-order chi connectivity index (χ1) is 7.27. The number of carbonyl (C=O) groups is 1. The van der Waals surface area contributed by atoms with Crippen molar-refractivity contribution in [3.05, 3.63) is 0 Å². The summed E-state index contributed by atoms with van der Waals surface area (Å²) in [6.45, 7) is 1.44. The lowest BCUT2D eigenvalue weighted by Crippen LogP contribution is -2.50. The second-order valence-corrected chi connectivity index (χ2v) is 4.65. The Morgan fingerprint density at radius 3 is 2.60 bits per heavy atom. The maximum atomic E-state index is 11.4. The molecule has 0 radical (unpaired) electrons. The fourth-order valence-corrected chi connectivity index (χ4v) is 2.61. The van der Waals surface area contributed by atoms with E-state index >= 15 is 0 Å². The largest absolute Gasteiger partial charge is 0.381 e. The molecule has 2 atom stereocenters. The van der Waals surface area contributed by atoms with E-state index in [4.69, 9.17) is 10.5 Å². The number of ether oxygens (including phenoxy) is 1. The summed E-state index contributed by atoms with van der Waals surface area (Å²) in [5, 5.41) is 3.40. The van der Waals surface area contributed by atoms with Crippen LogP contribution in [0.1, 0.15) is 32.1 Å². The average molecular weight is 212 g/mol. The van der Waals surface area contributed by atoms with Gasteiger partial charge < -0.3 is 15.8 Å². The minimum Gasteiger partial charge on any atom is -0.381 e. The van der Waals surface area contributed by atoms with E-state index in [1.807, 2.05) is 0 Å². The van der Waals surface area contributed by atoms with Gasteiger partial charge in [-0.25, -0.2) is 0 Å². The van der Waals surface area contributed by atoms with E-state index < -0.39 is 0 Å². The number of amides is 1. The predicted molar refractivity (Wildman–Crippen MR) is 57.3 cm³/mol. The van der Waals surface area contributed by atoms with Crippen LogP contribution in [0.3, 0.4) is 0 Å². The fourth-order valence-electron chi connectivity index (χ4n) is 2.61. The van der Waals surface area contributed by atoms with Crippen LogP contribution in [0, 0.1) is 5.92 Å². The van der Waals surface area contributed by atoms with Crippen LogP contribution in [-0.4, -0.2) is 31.2 Å². The van der Waals surface area contributed by atoms with Crippen LogP contribution in [0.2, 0.25) is 0 Å². The third kappa shape index (κ3) is 2.69. The number of carbonyl (C=O) groups excluding carboxylic acids is 1. The van der Waals surface area contributed by atoms with E-state index in [2.05, 4.69) is 5.32 Å². The summed E-state index contributed by atoms with van der Waals surface area (Å²) in [5.74, 6) is 0.0560. The number of nitrogens with two attached hydrogens (primary N) is 1. The van der Waals surface area contributed by atoms with Gasteiger partial charge in [-0.3, -0.25) is 4.79 Å². The van der Waals surface area contributed by atoms with Gasteiger partial charge in [0, 0.05) is 18.6 Å². The maximum absolute atomic E-state index is 11.4. The third-order valence-electron chi connectivity index (χ3n) is 3.51. The number of nitrogens with one attached hydrogen (secondary N) is 1. The molecule has 3 N–H and O–H groups in total. The first kappa shape index (κ1) is 10.9. The summed E-state index contributed by atoms with van der Waals surface area (Å²) < 4.78 is 5.30. The van der Waals surface area contributed by atoms with Crippen LogP contribution in [0.5, 0.6) is 0 Å². The van der Waals surface area contributed by atoms with Crippen LogP contribution in [-0.2, 0) is 9.53 Å². The molecule has 1 heterocycles. The standard InChI is InChI=1S/C11H20N2O2/c12-11(14)10(8-5-6-15-7-8)13-9-3-1-2-4-9/h8-10,13H,1-7H2,(H2,12,14). The van der Waals surface area contributed by atoms with Crippen LogP contribution < -0.4 is 11.1 Å². The van der Waals surface area contributed by atoms with Crippen LogP contribution in [0.25, 0.3) is 0 Å². The number of primary amides is 1.